The second-order valence-electron chi connectivity index (χ2n) is 6.54. The van der Waals surface area contributed by atoms with E-state index in [1.54, 1.807) is 6.07 Å². The molecule has 22 heavy (non-hydrogen) atoms. The van der Waals surface area contributed by atoms with Gasteiger partial charge in [0.15, 0.2) is 0 Å². The second-order valence-corrected chi connectivity index (χ2v) is 6.54. The van der Waals surface area contributed by atoms with Crippen LogP contribution in [0.25, 0.3) is 11.0 Å². The Morgan fingerprint density at radius 3 is 2.59 bits per heavy atom. The molecule has 0 amide bonds. The van der Waals surface area contributed by atoms with Crippen molar-refractivity contribution in [3.63, 3.8) is 0 Å². The van der Waals surface area contributed by atoms with Crippen LogP contribution >= 0.6 is 0 Å². The fraction of sp³-hybridized carbons (Fsp3) is 0.526. The molecule has 1 aliphatic carbocycles. The smallest absolute Gasteiger partial charge is 0.336 e. The number of fused-ring (bicyclic) bond motifs is 1. The molecule has 0 radical (unpaired) electrons. The van der Waals surface area contributed by atoms with Gasteiger partial charge in [0, 0.05) is 24.0 Å². The zero-order chi connectivity index (χ0) is 15.5. The maximum Gasteiger partial charge on any atom is 0.336 e. The molecule has 1 aromatic heterocycles. The van der Waals surface area contributed by atoms with E-state index in [2.05, 4.69) is 17.4 Å². The Bertz CT molecular complexity index is 709. The van der Waals surface area contributed by atoms with Gasteiger partial charge < -0.3 is 9.73 Å². The van der Waals surface area contributed by atoms with Gasteiger partial charge in [-0.15, -0.1) is 0 Å². The summed E-state index contributed by atoms with van der Waals surface area (Å²) in [6.07, 6.45) is 7.83. The van der Waals surface area contributed by atoms with Crippen molar-refractivity contribution >= 4 is 11.0 Å². The minimum absolute atomic E-state index is 0.251. The van der Waals surface area contributed by atoms with E-state index in [1.807, 2.05) is 13.8 Å². The van der Waals surface area contributed by atoms with Gasteiger partial charge in [-0.25, -0.2) is 4.79 Å². The topological polar surface area (TPSA) is 42.2 Å². The lowest BCUT2D eigenvalue weighted by Gasteiger charge is -2.17. The Morgan fingerprint density at radius 2 is 1.86 bits per heavy atom. The highest BCUT2D eigenvalue weighted by atomic mass is 16.4. The average Bonchev–Trinajstić information content (AvgIpc) is 2.78. The molecule has 0 unspecified atom stereocenters. The molecule has 1 aliphatic rings. The summed E-state index contributed by atoms with van der Waals surface area (Å²) in [6, 6.07) is 6.40. The highest BCUT2D eigenvalue weighted by Crippen LogP contribution is 2.24. The number of benzene rings is 1. The Kier molecular flexibility index (Phi) is 4.63. The van der Waals surface area contributed by atoms with Crippen molar-refractivity contribution in [1.29, 1.82) is 0 Å². The molecule has 3 rings (SSSR count). The molecular formula is C19H25NO2. The largest absolute Gasteiger partial charge is 0.422 e. The lowest BCUT2D eigenvalue weighted by atomic mass is 10.0. The molecule has 3 heteroatoms. The van der Waals surface area contributed by atoms with Crippen LogP contribution in [0.4, 0.5) is 0 Å². The maximum atomic E-state index is 11.9. The Labute approximate surface area is 131 Å². The first-order chi connectivity index (χ1) is 10.6. The molecular weight excluding hydrogens is 274 g/mol. The van der Waals surface area contributed by atoms with Crippen LogP contribution in [0, 0.1) is 13.8 Å². The lowest BCUT2D eigenvalue weighted by Crippen LogP contribution is -2.28. The number of rotatable bonds is 3. The first-order valence-electron chi connectivity index (χ1n) is 8.41. The highest BCUT2D eigenvalue weighted by molar-refractivity contribution is 5.83. The van der Waals surface area contributed by atoms with E-state index in [0.29, 0.717) is 6.04 Å². The average molecular weight is 299 g/mol. The molecule has 0 aliphatic heterocycles. The van der Waals surface area contributed by atoms with Gasteiger partial charge in [0.25, 0.3) is 0 Å². The summed E-state index contributed by atoms with van der Waals surface area (Å²) in [4.78, 5) is 11.9. The third-order valence-electron chi connectivity index (χ3n) is 4.95. The summed E-state index contributed by atoms with van der Waals surface area (Å²) in [5, 5.41) is 4.71. The van der Waals surface area contributed by atoms with E-state index in [0.717, 1.165) is 34.2 Å². The molecule has 0 atom stereocenters. The second kappa shape index (κ2) is 6.66. The van der Waals surface area contributed by atoms with Crippen molar-refractivity contribution in [3.8, 4) is 0 Å². The van der Waals surface area contributed by atoms with Gasteiger partial charge in [-0.1, -0.05) is 37.8 Å². The lowest BCUT2D eigenvalue weighted by molar-refractivity contribution is 0.458. The molecule has 118 valence electrons. The van der Waals surface area contributed by atoms with Crippen molar-refractivity contribution in [3.05, 3.63) is 45.3 Å². The summed E-state index contributed by atoms with van der Waals surface area (Å²) in [7, 11) is 0. The molecule has 0 saturated heterocycles. The van der Waals surface area contributed by atoms with Gasteiger partial charge in [0.2, 0.25) is 0 Å². The van der Waals surface area contributed by atoms with E-state index >= 15 is 0 Å². The third-order valence-corrected chi connectivity index (χ3v) is 4.95. The quantitative estimate of drug-likeness (QED) is 0.681. The fourth-order valence-electron chi connectivity index (χ4n) is 3.41. The molecule has 2 aromatic rings. The SMILES string of the molecule is Cc1ccc2c(CNC3CCCCCC3)cc(=O)oc2c1C. The van der Waals surface area contributed by atoms with E-state index in [4.69, 9.17) is 4.42 Å². The first kappa shape index (κ1) is 15.3. The summed E-state index contributed by atoms with van der Waals surface area (Å²) < 4.78 is 5.44. The summed E-state index contributed by atoms with van der Waals surface area (Å²) in [5.74, 6) is 0. The van der Waals surface area contributed by atoms with Crippen LogP contribution in [-0.2, 0) is 6.54 Å². The van der Waals surface area contributed by atoms with E-state index in [9.17, 15) is 4.79 Å². The normalized spacial score (nSPS) is 16.8. The number of aryl methyl sites for hydroxylation is 2. The molecule has 1 aromatic carbocycles. The van der Waals surface area contributed by atoms with Crippen LogP contribution in [0.2, 0.25) is 0 Å². The zero-order valence-electron chi connectivity index (χ0n) is 13.6. The highest BCUT2D eigenvalue weighted by Gasteiger charge is 2.14. The van der Waals surface area contributed by atoms with Gasteiger partial charge in [0.05, 0.1) is 0 Å². The van der Waals surface area contributed by atoms with Crippen molar-refractivity contribution in [2.75, 3.05) is 0 Å². The molecule has 1 heterocycles. The van der Waals surface area contributed by atoms with Gasteiger partial charge in [0.1, 0.15) is 5.58 Å². The monoisotopic (exact) mass is 299 g/mol. The zero-order valence-corrected chi connectivity index (χ0v) is 13.6. The van der Waals surface area contributed by atoms with Gasteiger partial charge in [-0.05, 0) is 43.4 Å². The number of hydrogen-bond donors (Lipinski definition) is 1. The number of nitrogens with one attached hydrogen (secondary N) is 1. The minimum Gasteiger partial charge on any atom is -0.422 e. The van der Waals surface area contributed by atoms with Crippen LogP contribution in [0.15, 0.2) is 27.4 Å². The predicted octanol–water partition coefficient (Wildman–Crippen LogP) is 4.22. The van der Waals surface area contributed by atoms with E-state index in [-0.39, 0.29) is 5.63 Å². The predicted molar refractivity (Wildman–Crippen MR) is 90.3 cm³/mol. The number of hydrogen-bond acceptors (Lipinski definition) is 3. The van der Waals surface area contributed by atoms with E-state index in [1.165, 1.54) is 38.5 Å². The van der Waals surface area contributed by atoms with Crippen LogP contribution in [0.5, 0.6) is 0 Å². The Hall–Kier alpha value is -1.61. The summed E-state index contributed by atoms with van der Waals surface area (Å²) >= 11 is 0. The van der Waals surface area contributed by atoms with Crippen LogP contribution < -0.4 is 10.9 Å². The first-order valence-corrected chi connectivity index (χ1v) is 8.41. The molecule has 1 fully saturated rings. The van der Waals surface area contributed by atoms with Crippen molar-refractivity contribution in [1.82, 2.24) is 5.32 Å². The molecule has 1 saturated carbocycles. The van der Waals surface area contributed by atoms with Crippen LogP contribution in [0.1, 0.15) is 55.2 Å². The molecule has 1 N–H and O–H groups in total. The Morgan fingerprint density at radius 1 is 1.14 bits per heavy atom. The van der Waals surface area contributed by atoms with Gasteiger partial charge >= 0.3 is 5.63 Å². The minimum atomic E-state index is -0.251. The Balaban J connectivity index is 1.87. The van der Waals surface area contributed by atoms with Gasteiger partial charge in [-0.3, -0.25) is 0 Å². The van der Waals surface area contributed by atoms with Crippen LogP contribution in [0.3, 0.4) is 0 Å². The standard InChI is InChI=1S/C19H25NO2/c1-13-9-10-17-15(11-18(21)22-19(17)14(13)2)12-20-16-7-5-3-4-6-8-16/h9-11,16,20H,3-8,12H2,1-2H3. The summed E-state index contributed by atoms with van der Waals surface area (Å²) in [6.45, 7) is 4.81. The molecule has 3 nitrogen and oxygen atoms in total. The fourth-order valence-corrected chi connectivity index (χ4v) is 3.41. The third kappa shape index (κ3) is 3.25. The molecule has 0 bridgehead atoms. The van der Waals surface area contributed by atoms with Crippen molar-refractivity contribution in [2.45, 2.75) is 65.0 Å². The maximum absolute atomic E-state index is 11.9. The van der Waals surface area contributed by atoms with Crippen molar-refractivity contribution < 1.29 is 4.42 Å². The van der Waals surface area contributed by atoms with Crippen LogP contribution in [-0.4, -0.2) is 6.04 Å². The van der Waals surface area contributed by atoms with Gasteiger partial charge in [-0.2, -0.15) is 0 Å². The van der Waals surface area contributed by atoms with Crippen molar-refractivity contribution in [2.24, 2.45) is 0 Å². The summed E-state index contributed by atoms with van der Waals surface area (Å²) in [5.41, 5.74) is 3.76. The molecule has 0 spiro atoms. The van der Waals surface area contributed by atoms with E-state index < -0.39 is 0 Å².